The fourth-order valence-electron chi connectivity index (χ4n) is 2.65. The number of hydrogen-bond acceptors (Lipinski definition) is 3. The molecule has 3 rings (SSSR count). The van der Waals surface area contributed by atoms with Gasteiger partial charge >= 0.3 is 6.18 Å². The minimum Gasteiger partial charge on any atom is -0.490 e. The smallest absolute Gasteiger partial charge is 0.416 e. The normalized spacial score (nSPS) is 20.1. The summed E-state index contributed by atoms with van der Waals surface area (Å²) in [6, 6.07) is 6.32. The molecule has 1 aliphatic rings. The molecule has 2 nitrogen and oxygen atoms in total. The number of halogens is 5. The molecule has 0 saturated carbocycles. The van der Waals surface area contributed by atoms with Crippen molar-refractivity contribution in [1.29, 1.82) is 0 Å². The second-order valence-electron chi connectivity index (χ2n) is 5.59. The van der Waals surface area contributed by atoms with Gasteiger partial charge in [-0.15, -0.1) is 11.8 Å². The number of aliphatic hydroxyl groups excluding tert-OH is 1. The van der Waals surface area contributed by atoms with Crippen LogP contribution >= 0.6 is 11.8 Å². The van der Waals surface area contributed by atoms with Crippen molar-refractivity contribution in [2.75, 3.05) is 13.2 Å². The van der Waals surface area contributed by atoms with E-state index in [9.17, 15) is 27.1 Å². The van der Waals surface area contributed by atoms with Gasteiger partial charge < -0.3 is 9.84 Å². The van der Waals surface area contributed by atoms with Gasteiger partial charge in [0.2, 0.25) is 0 Å². The molecule has 0 aromatic heterocycles. The maximum atomic E-state index is 14.2. The molecule has 25 heavy (non-hydrogen) atoms. The topological polar surface area (TPSA) is 29.5 Å². The van der Waals surface area contributed by atoms with E-state index < -0.39 is 34.5 Å². The Balaban J connectivity index is 1.94. The van der Waals surface area contributed by atoms with E-state index in [-0.39, 0.29) is 24.5 Å². The highest BCUT2D eigenvalue weighted by Crippen LogP contribution is 2.49. The summed E-state index contributed by atoms with van der Waals surface area (Å²) in [6.45, 7) is -0.337. The number of aliphatic hydroxyl groups is 1. The monoisotopic (exact) mass is 376 g/mol. The highest BCUT2D eigenvalue weighted by molar-refractivity contribution is 7.99. The van der Waals surface area contributed by atoms with Gasteiger partial charge in [-0.2, -0.15) is 13.2 Å². The first-order chi connectivity index (χ1) is 11.8. The van der Waals surface area contributed by atoms with Crippen molar-refractivity contribution < 1.29 is 31.8 Å². The molecule has 0 amide bonds. The molecule has 2 aromatic rings. The molecular formula is C17H13F5O2S. The largest absolute Gasteiger partial charge is 0.490 e. The zero-order valence-corrected chi connectivity index (χ0v) is 13.5. The van der Waals surface area contributed by atoms with E-state index in [1.807, 2.05) is 0 Å². The van der Waals surface area contributed by atoms with Gasteiger partial charge in [-0.25, -0.2) is 8.78 Å². The van der Waals surface area contributed by atoms with Crippen molar-refractivity contribution >= 4 is 11.8 Å². The molecule has 2 atom stereocenters. The third-order valence-electron chi connectivity index (χ3n) is 3.93. The average molecular weight is 376 g/mol. The maximum absolute atomic E-state index is 14.2. The van der Waals surface area contributed by atoms with E-state index in [0.717, 1.165) is 36.0 Å². The molecule has 0 fully saturated rings. The number of hydrogen-bond donors (Lipinski definition) is 1. The van der Waals surface area contributed by atoms with Crippen LogP contribution in [-0.2, 0) is 6.18 Å². The lowest BCUT2D eigenvalue weighted by molar-refractivity contribution is -0.137. The van der Waals surface area contributed by atoms with Crippen LogP contribution in [0.3, 0.4) is 0 Å². The Labute approximate surface area is 144 Å². The number of thioether (sulfide) groups is 1. The van der Waals surface area contributed by atoms with Gasteiger partial charge in [-0.05, 0) is 36.4 Å². The summed E-state index contributed by atoms with van der Waals surface area (Å²) >= 11 is 1.07. The molecule has 0 radical (unpaired) electrons. The van der Waals surface area contributed by atoms with Crippen LogP contribution in [0, 0.1) is 17.6 Å². The van der Waals surface area contributed by atoms with Crippen molar-refractivity contribution in [3.63, 3.8) is 0 Å². The van der Waals surface area contributed by atoms with Gasteiger partial charge in [0.15, 0.2) is 11.6 Å². The summed E-state index contributed by atoms with van der Waals surface area (Å²) < 4.78 is 71.3. The van der Waals surface area contributed by atoms with Gasteiger partial charge in [0, 0.05) is 21.6 Å². The lowest BCUT2D eigenvalue weighted by Gasteiger charge is -2.32. The third-order valence-corrected chi connectivity index (χ3v) is 5.35. The van der Waals surface area contributed by atoms with E-state index in [2.05, 4.69) is 0 Å². The van der Waals surface area contributed by atoms with E-state index >= 15 is 0 Å². The van der Waals surface area contributed by atoms with Crippen molar-refractivity contribution in [2.24, 2.45) is 5.92 Å². The van der Waals surface area contributed by atoms with Crippen molar-refractivity contribution in [3.8, 4) is 5.75 Å². The van der Waals surface area contributed by atoms with E-state index in [1.54, 1.807) is 0 Å². The van der Waals surface area contributed by atoms with Crippen LogP contribution in [0.2, 0.25) is 0 Å². The van der Waals surface area contributed by atoms with Crippen LogP contribution in [0.25, 0.3) is 0 Å². The fourth-order valence-corrected chi connectivity index (χ4v) is 3.93. The highest BCUT2D eigenvalue weighted by Gasteiger charge is 2.36. The molecule has 2 aromatic carbocycles. The number of alkyl halides is 3. The fraction of sp³-hybridized carbons (Fsp3) is 0.294. The minimum atomic E-state index is -4.45. The van der Waals surface area contributed by atoms with Crippen LogP contribution < -0.4 is 4.74 Å². The summed E-state index contributed by atoms with van der Waals surface area (Å²) in [4.78, 5) is 0.452. The predicted octanol–water partition coefficient (Wildman–Crippen LogP) is 4.82. The lowest BCUT2D eigenvalue weighted by atomic mass is 9.96. The first kappa shape index (κ1) is 18.0. The zero-order chi connectivity index (χ0) is 18.2. The summed E-state index contributed by atoms with van der Waals surface area (Å²) in [7, 11) is 0. The molecule has 1 aliphatic heterocycles. The van der Waals surface area contributed by atoms with Crippen LogP contribution in [0.5, 0.6) is 5.75 Å². The molecule has 0 bridgehead atoms. The Morgan fingerprint density at radius 3 is 2.28 bits per heavy atom. The van der Waals surface area contributed by atoms with E-state index in [4.69, 9.17) is 4.74 Å². The standard InChI is InChI=1S/C17H13F5O2S/c18-12-5-6-13(19)15-14(12)16(9(7-23)8-24-15)25-11-3-1-10(2-4-11)17(20,21)22/h1-6,9,16,23H,7-8H2/t9-,16+/m1/s1. The van der Waals surface area contributed by atoms with Crippen LogP contribution in [0.15, 0.2) is 41.3 Å². The highest BCUT2D eigenvalue weighted by atomic mass is 32.2. The Kier molecular flexibility index (Phi) is 4.92. The second kappa shape index (κ2) is 6.84. The number of ether oxygens (including phenoxy) is 1. The Hall–Kier alpha value is -1.80. The third kappa shape index (κ3) is 3.59. The van der Waals surface area contributed by atoms with Gasteiger partial charge in [0.25, 0.3) is 0 Å². The number of rotatable bonds is 3. The van der Waals surface area contributed by atoms with E-state index in [0.29, 0.717) is 4.90 Å². The summed E-state index contributed by atoms with van der Waals surface area (Å²) in [5.74, 6) is -2.13. The van der Waals surface area contributed by atoms with Crippen molar-refractivity contribution in [2.45, 2.75) is 16.3 Å². The molecule has 1 heterocycles. The van der Waals surface area contributed by atoms with Crippen LogP contribution in [0.4, 0.5) is 22.0 Å². The van der Waals surface area contributed by atoms with Gasteiger partial charge in [-0.3, -0.25) is 0 Å². The van der Waals surface area contributed by atoms with Gasteiger partial charge in [0.05, 0.1) is 18.8 Å². The Bertz CT molecular complexity index is 761. The summed E-state index contributed by atoms with van der Waals surface area (Å²) in [5.41, 5.74) is -0.810. The van der Waals surface area contributed by atoms with Gasteiger partial charge in [-0.1, -0.05) is 0 Å². The van der Waals surface area contributed by atoms with Crippen LogP contribution in [-0.4, -0.2) is 18.3 Å². The van der Waals surface area contributed by atoms with E-state index in [1.165, 1.54) is 12.1 Å². The molecule has 134 valence electrons. The molecule has 0 unspecified atom stereocenters. The number of fused-ring (bicyclic) bond motifs is 1. The molecule has 0 saturated heterocycles. The second-order valence-corrected chi connectivity index (χ2v) is 6.80. The quantitative estimate of drug-likeness (QED) is 0.779. The van der Waals surface area contributed by atoms with Crippen molar-refractivity contribution in [3.05, 3.63) is 59.2 Å². The molecular weight excluding hydrogens is 363 g/mol. The summed E-state index contributed by atoms with van der Waals surface area (Å²) in [5, 5.41) is 8.84. The number of benzene rings is 2. The summed E-state index contributed by atoms with van der Waals surface area (Å²) in [6.07, 6.45) is -4.45. The maximum Gasteiger partial charge on any atom is 0.416 e. The molecule has 1 N–H and O–H groups in total. The SMILES string of the molecule is OC[C@@H]1COc2c(F)ccc(F)c2[C@H]1Sc1ccc(C(F)(F)F)cc1. The minimum absolute atomic E-state index is 0.0117. The lowest BCUT2D eigenvalue weighted by Crippen LogP contribution is -2.28. The zero-order valence-electron chi connectivity index (χ0n) is 12.7. The van der Waals surface area contributed by atoms with Gasteiger partial charge in [0.1, 0.15) is 5.82 Å². The van der Waals surface area contributed by atoms with Crippen molar-refractivity contribution in [1.82, 2.24) is 0 Å². The Morgan fingerprint density at radius 2 is 1.68 bits per heavy atom. The first-order valence-corrected chi connectivity index (χ1v) is 8.24. The average Bonchev–Trinajstić information content (AvgIpc) is 2.58. The molecule has 0 spiro atoms. The van der Waals surface area contributed by atoms with Crippen LogP contribution in [0.1, 0.15) is 16.4 Å². The molecule has 8 heteroatoms. The Morgan fingerprint density at radius 1 is 1.04 bits per heavy atom. The predicted molar refractivity (Wildman–Crippen MR) is 82.5 cm³/mol. The molecule has 0 aliphatic carbocycles. The first-order valence-electron chi connectivity index (χ1n) is 7.36.